The maximum absolute atomic E-state index is 12.8. The van der Waals surface area contributed by atoms with Crippen LogP contribution < -0.4 is 4.74 Å². The van der Waals surface area contributed by atoms with E-state index in [4.69, 9.17) is 9.47 Å². The number of ether oxygens (including phenoxy) is 2. The highest BCUT2D eigenvalue weighted by atomic mass is 16.5. The van der Waals surface area contributed by atoms with Gasteiger partial charge in [0.1, 0.15) is 5.75 Å². The van der Waals surface area contributed by atoms with Gasteiger partial charge in [0.2, 0.25) is 0 Å². The van der Waals surface area contributed by atoms with Gasteiger partial charge < -0.3 is 19.5 Å². The molecule has 1 aliphatic carbocycles. The third-order valence-electron chi connectivity index (χ3n) is 4.79. The summed E-state index contributed by atoms with van der Waals surface area (Å²) in [6, 6.07) is 4.43. The summed E-state index contributed by atoms with van der Waals surface area (Å²) in [5.41, 5.74) is 0.637. The van der Waals surface area contributed by atoms with E-state index >= 15 is 0 Å². The Bertz CT molecular complexity index is 680. The lowest BCUT2D eigenvalue weighted by atomic mass is 9.86. The van der Waals surface area contributed by atoms with Crippen molar-refractivity contribution in [1.29, 1.82) is 0 Å². The maximum atomic E-state index is 12.8. The molecule has 3 rings (SSSR count). The Labute approximate surface area is 147 Å². The van der Waals surface area contributed by atoms with E-state index in [1.807, 2.05) is 6.08 Å². The molecule has 0 radical (unpaired) electrons. The zero-order valence-corrected chi connectivity index (χ0v) is 14.3. The van der Waals surface area contributed by atoms with Crippen LogP contribution in [0, 0.1) is 5.92 Å². The average Bonchev–Trinajstić information content (AvgIpc) is 3.07. The molecule has 1 atom stereocenters. The number of carbonyl (C=O) groups is 2. The minimum atomic E-state index is -0.513. The zero-order valence-electron chi connectivity index (χ0n) is 14.3. The van der Waals surface area contributed by atoms with Gasteiger partial charge >= 0.3 is 5.97 Å². The summed E-state index contributed by atoms with van der Waals surface area (Å²) in [5.74, 6) is 0.276. The molecular formula is C19H23NO5. The Morgan fingerprint density at radius 1 is 1.24 bits per heavy atom. The highest BCUT2D eigenvalue weighted by Crippen LogP contribution is 2.28. The Balaban J connectivity index is 1.83. The van der Waals surface area contributed by atoms with Gasteiger partial charge in [0, 0.05) is 12.1 Å². The summed E-state index contributed by atoms with van der Waals surface area (Å²) in [5, 5.41) is 9.40. The lowest BCUT2D eigenvalue weighted by Gasteiger charge is -2.26. The normalized spacial score (nSPS) is 19.6. The van der Waals surface area contributed by atoms with Gasteiger partial charge in [-0.3, -0.25) is 4.79 Å². The first kappa shape index (κ1) is 17.5. The minimum Gasteiger partial charge on any atom is -0.493 e. The summed E-state index contributed by atoms with van der Waals surface area (Å²) in [4.78, 5) is 26.3. The van der Waals surface area contributed by atoms with E-state index in [1.54, 1.807) is 23.1 Å². The van der Waals surface area contributed by atoms with Gasteiger partial charge in [-0.25, -0.2) is 4.79 Å². The Morgan fingerprint density at radius 2 is 2.00 bits per heavy atom. The largest absolute Gasteiger partial charge is 0.493 e. The van der Waals surface area contributed by atoms with Crippen LogP contribution in [-0.4, -0.2) is 54.8 Å². The molecule has 1 heterocycles. The van der Waals surface area contributed by atoms with Crippen LogP contribution in [0.1, 0.15) is 40.0 Å². The molecule has 6 nitrogen and oxygen atoms in total. The molecule has 1 amide bonds. The molecule has 0 aromatic heterocycles. The number of nitrogens with zero attached hydrogens (tertiary/aromatic N) is 1. The molecule has 1 aliphatic heterocycles. The number of carbonyl (C=O) groups excluding carboxylic acids is 2. The first-order chi connectivity index (χ1) is 12.1. The van der Waals surface area contributed by atoms with Crippen LogP contribution in [0.15, 0.2) is 30.4 Å². The number of rotatable bonds is 6. The van der Waals surface area contributed by atoms with Gasteiger partial charge in [0.25, 0.3) is 5.91 Å². The molecule has 134 valence electrons. The first-order valence-electron chi connectivity index (χ1n) is 8.57. The molecule has 0 saturated heterocycles. The van der Waals surface area contributed by atoms with E-state index in [1.165, 1.54) is 19.6 Å². The van der Waals surface area contributed by atoms with Crippen LogP contribution in [0.5, 0.6) is 5.75 Å². The SMILES string of the molecule is COC(=O)c1cc(OCC2CCC2)cc(C(=O)N2CC=C[C@@H]2CO)c1. The third kappa shape index (κ3) is 3.85. The fourth-order valence-corrected chi connectivity index (χ4v) is 3.04. The van der Waals surface area contributed by atoms with Crippen molar-refractivity contribution < 1.29 is 24.2 Å². The lowest BCUT2D eigenvalue weighted by Crippen LogP contribution is -2.38. The van der Waals surface area contributed by atoms with Crippen LogP contribution >= 0.6 is 0 Å². The fourth-order valence-electron chi connectivity index (χ4n) is 3.04. The van der Waals surface area contributed by atoms with Crippen molar-refractivity contribution in [1.82, 2.24) is 4.90 Å². The summed E-state index contributed by atoms with van der Waals surface area (Å²) in [6.45, 7) is 0.886. The number of aliphatic hydroxyl groups is 1. The summed E-state index contributed by atoms with van der Waals surface area (Å²) < 4.78 is 10.6. The lowest BCUT2D eigenvalue weighted by molar-refractivity contribution is 0.0600. The number of hydrogen-bond donors (Lipinski definition) is 1. The van der Waals surface area contributed by atoms with Crippen molar-refractivity contribution in [3.05, 3.63) is 41.5 Å². The van der Waals surface area contributed by atoms with Gasteiger partial charge in [-0.05, 0) is 37.0 Å². The Morgan fingerprint density at radius 3 is 2.64 bits per heavy atom. The van der Waals surface area contributed by atoms with E-state index in [-0.39, 0.29) is 24.1 Å². The average molecular weight is 345 g/mol. The van der Waals surface area contributed by atoms with Gasteiger partial charge in [-0.1, -0.05) is 18.6 Å². The molecule has 1 N–H and O–H groups in total. The molecule has 1 saturated carbocycles. The van der Waals surface area contributed by atoms with E-state index in [0.29, 0.717) is 30.4 Å². The molecule has 25 heavy (non-hydrogen) atoms. The van der Waals surface area contributed by atoms with Gasteiger partial charge in [-0.15, -0.1) is 0 Å². The topological polar surface area (TPSA) is 76.1 Å². The van der Waals surface area contributed by atoms with Crippen molar-refractivity contribution >= 4 is 11.9 Å². The highest BCUT2D eigenvalue weighted by molar-refractivity contribution is 5.99. The predicted molar refractivity (Wildman–Crippen MR) is 91.7 cm³/mol. The van der Waals surface area contributed by atoms with Crippen LogP contribution in [0.25, 0.3) is 0 Å². The second-order valence-electron chi connectivity index (χ2n) is 6.48. The molecule has 1 aromatic rings. The first-order valence-corrected chi connectivity index (χ1v) is 8.57. The molecule has 1 fully saturated rings. The van der Waals surface area contributed by atoms with Crippen LogP contribution in [0.3, 0.4) is 0 Å². The quantitative estimate of drug-likeness (QED) is 0.631. The van der Waals surface area contributed by atoms with Crippen LogP contribution in [-0.2, 0) is 4.74 Å². The van der Waals surface area contributed by atoms with Gasteiger partial charge in [0.05, 0.1) is 31.9 Å². The maximum Gasteiger partial charge on any atom is 0.338 e. The molecular weight excluding hydrogens is 322 g/mol. The number of amides is 1. The zero-order chi connectivity index (χ0) is 17.8. The molecule has 2 aliphatic rings. The summed E-state index contributed by atoms with van der Waals surface area (Å²) in [6.07, 6.45) is 7.18. The van der Waals surface area contributed by atoms with Crippen LogP contribution in [0.4, 0.5) is 0 Å². The van der Waals surface area contributed by atoms with Crippen molar-refractivity contribution in [3.8, 4) is 5.75 Å². The van der Waals surface area contributed by atoms with E-state index in [9.17, 15) is 14.7 Å². The van der Waals surface area contributed by atoms with Gasteiger partial charge in [-0.2, -0.15) is 0 Å². The standard InChI is InChI=1S/C19H23NO5/c1-24-19(23)15-8-14(18(22)20-7-3-6-16(20)11-21)9-17(10-15)25-12-13-4-2-5-13/h3,6,8-10,13,16,21H,2,4-5,7,11-12H2,1H3/t16-/m1/s1. The fraction of sp³-hybridized carbons (Fsp3) is 0.474. The van der Waals surface area contributed by atoms with Crippen molar-refractivity contribution in [2.75, 3.05) is 26.9 Å². The Kier molecular flexibility index (Phi) is 5.38. The van der Waals surface area contributed by atoms with Gasteiger partial charge in [0.15, 0.2) is 0 Å². The molecule has 0 spiro atoms. The monoisotopic (exact) mass is 345 g/mol. The molecule has 1 aromatic carbocycles. The molecule has 6 heteroatoms. The van der Waals surface area contributed by atoms with E-state index in [2.05, 4.69) is 0 Å². The van der Waals surface area contributed by atoms with E-state index in [0.717, 1.165) is 12.8 Å². The summed E-state index contributed by atoms with van der Waals surface area (Å²) in [7, 11) is 1.30. The second kappa shape index (κ2) is 7.70. The second-order valence-corrected chi connectivity index (χ2v) is 6.48. The van der Waals surface area contributed by atoms with Crippen molar-refractivity contribution in [3.63, 3.8) is 0 Å². The highest BCUT2D eigenvalue weighted by Gasteiger charge is 2.26. The van der Waals surface area contributed by atoms with Crippen LogP contribution in [0.2, 0.25) is 0 Å². The number of esters is 1. The van der Waals surface area contributed by atoms with Crippen molar-refractivity contribution in [2.45, 2.75) is 25.3 Å². The molecule has 0 bridgehead atoms. The predicted octanol–water partition coefficient (Wildman–Crippen LogP) is 2.02. The van der Waals surface area contributed by atoms with E-state index < -0.39 is 5.97 Å². The smallest absolute Gasteiger partial charge is 0.338 e. The third-order valence-corrected chi connectivity index (χ3v) is 4.79. The number of methoxy groups -OCH3 is 1. The summed E-state index contributed by atoms with van der Waals surface area (Å²) >= 11 is 0. The number of aliphatic hydroxyl groups excluding tert-OH is 1. The van der Waals surface area contributed by atoms with Crippen molar-refractivity contribution in [2.24, 2.45) is 5.92 Å². The minimum absolute atomic E-state index is 0.135. The number of hydrogen-bond acceptors (Lipinski definition) is 5. The molecule has 0 unspecified atom stereocenters. The number of benzene rings is 1. The Hall–Kier alpha value is -2.34.